The van der Waals surface area contributed by atoms with Crippen molar-refractivity contribution in [3.8, 4) is 5.75 Å². The van der Waals surface area contributed by atoms with Gasteiger partial charge in [-0.05, 0) is 68.1 Å². The molecule has 0 saturated carbocycles. The molecule has 162 valence electrons. The van der Waals surface area contributed by atoms with Crippen LogP contribution in [0.2, 0.25) is 5.02 Å². The summed E-state index contributed by atoms with van der Waals surface area (Å²) >= 11 is 10.2. The molecule has 0 bridgehead atoms. The Labute approximate surface area is 198 Å². The minimum atomic E-state index is 0.547. The zero-order valence-electron chi connectivity index (χ0n) is 17.8. The Bertz CT molecular complexity index is 1020. The molecule has 0 radical (unpaired) electrons. The van der Waals surface area contributed by atoms with Crippen LogP contribution in [0.25, 0.3) is 0 Å². The number of nitrogens with zero attached hydrogens (tertiary/aromatic N) is 1. The molecule has 1 aliphatic rings. The molecule has 0 aromatic heterocycles. The van der Waals surface area contributed by atoms with E-state index in [1.54, 1.807) is 0 Å². The second-order valence-electron chi connectivity index (χ2n) is 8.09. The molecular formula is C26H28BrClN2O. The number of halogens is 2. The molecule has 1 N–H and O–H groups in total. The predicted octanol–water partition coefficient (Wildman–Crippen LogP) is 7.59. The average molecular weight is 500 g/mol. The molecule has 5 heteroatoms. The molecule has 3 aromatic carbocycles. The van der Waals surface area contributed by atoms with Gasteiger partial charge in [-0.25, -0.2) is 0 Å². The van der Waals surface area contributed by atoms with Crippen LogP contribution in [0, 0.1) is 6.92 Å². The van der Waals surface area contributed by atoms with Crippen molar-refractivity contribution in [2.24, 2.45) is 0 Å². The summed E-state index contributed by atoms with van der Waals surface area (Å²) in [6, 6.07) is 20.8. The van der Waals surface area contributed by atoms with Gasteiger partial charge >= 0.3 is 0 Å². The van der Waals surface area contributed by atoms with Crippen molar-refractivity contribution in [3.63, 3.8) is 0 Å². The van der Waals surface area contributed by atoms with Gasteiger partial charge in [0.15, 0.2) is 0 Å². The minimum Gasteiger partial charge on any atom is -0.489 e. The van der Waals surface area contributed by atoms with Crippen molar-refractivity contribution in [2.45, 2.75) is 39.3 Å². The molecule has 3 nitrogen and oxygen atoms in total. The van der Waals surface area contributed by atoms with Crippen LogP contribution in [0.15, 0.2) is 65.1 Å². The SMILES string of the molecule is Cc1ccc(COc2ccc(Br)cc2CNc2ccc(N3CCCCC3)c(Cl)c2)cc1. The quantitative estimate of drug-likeness (QED) is 0.362. The van der Waals surface area contributed by atoms with E-state index < -0.39 is 0 Å². The molecule has 0 unspecified atom stereocenters. The van der Waals surface area contributed by atoms with Gasteiger partial charge < -0.3 is 15.0 Å². The van der Waals surface area contributed by atoms with Gasteiger partial charge in [0.1, 0.15) is 12.4 Å². The fourth-order valence-electron chi connectivity index (χ4n) is 3.88. The van der Waals surface area contributed by atoms with Crippen LogP contribution in [-0.4, -0.2) is 13.1 Å². The zero-order valence-corrected chi connectivity index (χ0v) is 20.2. The maximum absolute atomic E-state index is 6.62. The normalized spacial score (nSPS) is 13.8. The lowest BCUT2D eigenvalue weighted by molar-refractivity contribution is 0.303. The monoisotopic (exact) mass is 498 g/mol. The molecule has 0 atom stereocenters. The first-order valence-corrected chi connectivity index (χ1v) is 12.0. The summed E-state index contributed by atoms with van der Waals surface area (Å²) in [5.74, 6) is 0.882. The van der Waals surface area contributed by atoms with E-state index in [4.69, 9.17) is 16.3 Å². The zero-order chi connectivity index (χ0) is 21.6. The smallest absolute Gasteiger partial charge is 0.124 e. The molecule has 0 spiro atoms. The average Bonchev–Trinajstić information content (AvgIpc) is 2.79. The van der Waals surface area contributed by atoms with Crippen molar-refractivity contribution >= 4 is 38.9 Å². The lowest BCUT2D eigenvalue weighted by Gasteiger charge is -2.29. The third-order valence-corrected chi connectivity index (χ3v) is 6.46. The molecule has 1 saturated heterocycles. The highest BCUT2D eigenvalue weighted by molar-refractivity contribution is 9.10. The summed E-state index contributed by atoms with van der Waals surface area (Å²) in [5, 5.41) is 4.30. The van der Waals surface area contributed by atoms with Crippen LogP contribution in [0.5, 0.6) is 5.75 Å². The summed E-state index contributed by atoms with van der Waals surface area (Å²) < 4.78 is 7.17. The molecular weight excluding hydrogens is 472 g/mol. The number of rotatable bonds is 7. The van der Waals surface area contributed by atoms with Crippen LogP contribution in [0.3, 0.4) is 0 Å². The van der Waals surface area contributed by atoms with Gasteiger partial charge in [-0.2, -0.15) is 0 Å². The van der Waals surface area contributed by atoms with Gasteiger partial charge in [-0.1, -0.05) is 57.4 Å². The first-order chi connectivity index (χ1) is 15.1. The Morgan fingerprint density at radius 2 is 1.74 bits per heavy atom. The summed E-state index contributed by atoms with van der Waals surface area (Å²) in [6.45, 7) is 5.47. The fourth-order valence-corrected chi connectivity index (χ4v) is 4.59. The van der Waals surface area contributed by atoms with E-state index in [2.05, 4.69) is 75.5 Å². The highest BCUT2D eigenvalue weighted by Crippen LogP contribution is 2.32. The van der Waals surface area contributed by atoms with E-state index in [1.165, 1.54) is 24.8 Å². The highest BCUT2D eigenvalue weighted by atomic mass is 79.9. The molecule has 4 rings (SSSR count). The number of aryl methyl sites for hydroxylation is 1. The van der Waals surface area contributed by atoms with Crippen molar-refractivity contribution in [2.75, 3.05) is 23.3 Å². The summed E-state index contributed by atoms with van der Waals surface area (Å²) in [6.07, 6.45) is 3.80. The van der Waals surface area contributed by atoms with Crippen molar-refractivity contribution in [3.05, 3.63) is 86.8 Å². The van der Waals surface area contributed by atoms with E-state index in [0.717, 1.165) is 50.8 Å². The van der Waals surface area contributed by atoms with Crippen molar-refractivity contribution < 1.29 is 4.74 Å². The molecule has 0 aliphatic carbocycles. The minimum absolute atomic E-state index is 0.547. The second-order valence-corrected chi connectivity index (χ2v) is 9.42. The van der Waals surface area contributed by atoms with Crippen LogP contribution >= 0.6 is 27.5 Å². The van der Waals surface area contributed by atoms with Crippen LogP contribution < -0.4 is 15.0 Å². The maximum atomic E-state index is 6.62. The Morgan fingerprint density at radius 1 is 0.968 bits per heavy atom. The predicted molar refractivity (Wildman–Crippen MR) is 134 cm³/mol. The van der Waals surface area contributed by atoms with Gasteiger partial charge in [0.05, 0.1) is 10.7 Å². The largest absolute Gasteiger partial charge is 0.489 e. The van der Waals surface area contributed by atoms with Crippen molar-refractivity contribution in [1.82, 2.24) is 0 Å². The topological polar surface area (TPSA) is 24.5 Å². The molecule has 1 aliphatic heterocycles. The van der Waals surface area contributed by atoms with Crippen LogP contribution in [-0.2, 0) is 13.2 Å². The van der Waals surface area contributed by atoms with Crippen LogP contribution in [0.1, 0.15) is 36.0 Å². The highest BCUT2D eigenvalue weighted by Gasteiger charge is 2.14. The van der Waals surface area contributed by atoms with Crippen LogP contribution in [0.4, 0.5) is 11.4 Å². The van der Waals surface area contributed by atoms with E-state index in [9.17, 15) is 0 Å². The molecule has 0 amide bonds. The van der Waals surface area contributed by atoms with E-state index in [1.807, 2.05) is 18.2 Å². The van der Waals surface area contributed by atoms with E-state index in [0.29, 0.717) is 13.2 Å². The standard InChI is InChI=1S/C26H28BrClN2O/c1-19-5-7-20(8-6-19)18-31-26-12-9-22(27)15-21(26)17-29-23-10-11-25(24(28)16-23)30-13-3-2-4-14-30/h5-12,15-16,29H,2-4,13-14,17-18H2,1H3. The first kappa shape index (κ1) is 22.0. The number of hydrogen-bond acceptors (Lipinski definition) is 3. The molecule has 1 heterocycles. The van der Waals surface area contributed by atoms with E-state index in [-0.39, 0.29) is 0 Å². The van der Waals surface area contributed by atoms with Gasteiger partial charge in [-0.15, -0.1) is 0 Å². The Hall–Kier alpha value is -2.17. The first-order valence-electron chi connectivity index (χ1n) is 10.8. The lowest BCUT2D eigenvalue weighted by atomic mass is 10.1. The lowest BCUT2D eigenvalue weighted by Crippen LogP contribution is -2.29. The Kier molecular flexibility index (Phi) is 7.41. The number of ether oxygens (including phenoxy) is 1. The summed E-state index contributed by atoms with van der Waals surface area (Å²) in [5.41, 5.74) is 5.65. The number of hydrogen-bond donors (Lipinski definition) is 1. The maximum Gasteiger partial charge on any atom is 0.124 e. The Balaban J connectivity index is 1.42. The number of benzene rings is 3. The van der Waals surface area contributed by atoms with Gasteiger partial charge in [0.2, 0.25) is 0 Å². The number of nitrogens with one attached hydrogen (secondary N) is 1. The summed E-state index contributed by atoms with van der Waals surface area (Å²) in [4.78, 5) is 2.39. The molecule has 31 heavy (non-hydrogen) atoms. The fraction of sp³-hybridized carbons (Fsp3) is 0.308. The number of piperidine rings is 1. The van der Waals surface area contributed by atoms with Gasteiger partial charge in [0.25, 0.3) is 0 Å². The van der Waals surface area contributed by atoms with E-state index >= 15 is 0 Å². The number of anilines is 2. The van der Waals surface area contributed by atoms with Crippen molar-refractivity contribution in [1.29, 1.82) is 0 Å². The third-order valence-electron chi connectivity index (χ3n) is 5.66. The van der Waals surface area contributed by atoms with Gasteiger partial charge in [-0.3, -0.25) is 0 Å². The molecule has 1 fully saturated rings. The summed E-state index contributed by atoms with van der Waals surface area (Å²) in [7, 11) is 0. The van der Waals surface area contributed by atoms with Gasteiger partial charge in [0, 0.05) is 35.4 Å². The third kappa shape index (κ3) is 5.96. The molecule has 3 aromatic rings. The second kappa shape index (κ2) is 10.4. The Morgan fingerprint density at radius 3 is 2.48 bits per heavy atom.